The van der Waals surface area contributed by atoms with Gasteiger partial charge in [0, 0.05) is 30.7 Å². The van der Waals surface area contributed by atoms with Crippen LogP contribution in [0.2, 0.25) is 0 Å². The summed E-state index contributed by atoms with van der Waals surface area (Å²) in [6.07, 6.45) is 7.23. The van der Waals surface area contributed by atoms with Crippen LogP contribution in [-0.4, -0.2) is 26.8 Å². The maximum Gasteiger partial charge on any atom is 0.338 e. The Labute approximate surface area is 188 Å². The third-order valence-corrected chi connectivity index (χ3v) is 8.10. The lowest BCUT2D eigenvalue weighted by atomic mass is 9.65. The van der Waals surface area contributed by atoms with E-state index in [9.17, 15) is 4.79 Å². The first-order valence-corrected chi connectivity index (χ1v) is 12.2. The molecule has 3 aromatic rings. The predicted molar refractivity (Wildman–Crippen MR) is 120 cm³/mol. The molecule has 7 heteroatoms. The molecule has 0 saturated heterocycles. The topological polar surface area (TPSA) is 57.0 Å². The summed E-state index contributed by atoms with van der Waals surface area (Å²) in [7, 11) is 0. The Bertz CT molecular complexity index is 1040. The highest BCUT2D eigenvalue weighted by Gasteiger charge is 2.53. The lowest BCUT2D eigenvalue weighted by Crippen LogP contribution is -2.49. The molecule has 3 heterocycles. The Morgan fingerprint density at radius 2 is 1.87 bits per heavy atom. The SMILES string of the molecule is O=C(O[C@H]1C[C@@](c2ccc(Br)s2)(c2nnc3n2CCCCCC3)C1)c1ccccc1. The number of nitrogens with zero attached hydrogens (tertiary/aromatic N) is 3. The smallest absolute Gasteiger partial charge is 0.338 e. The molecule has 5 rings (SSSR count). The molecule has 5 nitrogen and oxygen atoms in total. The van der Waals surface area contributed by atoms with E-state index < -0.39 is 0 Å². The predicted octanol–water partition coefficient (Wildman–Crippen LogP) is 5.52. The number of rotatable bonds is 4. The van der Waals surface area contributed by atoms with Crippen LogP contribution < -0.4 is 0 Å². The van der Waals surface area contributed by atoms with E-state index >= 15 is 0 Å². The van der Waals surface area contributed by atoms with Crippen LogP contribution in [0.25, 0.3) is 0 Å². The van der Waals surface area contributed by atoms with Gasteiger partial charge in [0.1, 0.15) is 17.8 Å². The Morgan fingerprint density at radius 1 is 1.07 bits per heavy atom. The van der Waals surface area contributed by atoms with E-state index in [2.05, 4.69) is 37.7 Å². The number of carbonyl (C=O) groups excluding carboxylic acids is 1. The number of aromatic nitrogens is 3. The van der Waals surface area contributed by atoms with Crippen LogP contribution in [0.4, 0.5) is 0 Å². The first kappa shape index (κ1) is 19.9. The fourth-order valence-corrected chi connectivity index (χ4v) is 6.27. The number of aryl methyl sites for hydroxylation is 1. The molecule has 1 aliphatic carbocycles. The number of benzene rings is 1. The van der Waals surface area contributed by atoms with Crippen LogP contribution in [0.3, 0.4) is 0 Å². The highest BCUT2D eigenvalue weighted by atomic mass is 79.9. The van der Waals surface area contributed by atoms with Crippen molar-refractivity contribution in [2.75, 3.05) is 0 Å². The van der Waals surface area contributed by atoms with Gasteiger partial charge in [0.2, 0.25) is 0 Å². The fraction of sp³-hybridized carbons (Fsp3) is 0.435. The largest absolute Gasteiger partial charge is 0.459 e. The number of fused-ring (bicyclic) bond motifs is 1. The van der Waals surface area contributed by atoms with Crippen LogP contribution in [0.1, 0.15) is 65.4 Å². The second-order valence-corrected chi connectivity index (χ2v) is 10.7. The van der Waals surface area contributed by atoms with Gasteiger partial charge in [-0.3, -0.25) is 0 Å². The molecule has 0 bridgehead atoms. The maximum atomic E-state index is 12.5. The Balaban J connectivity index is 1.43. The van der Waals surface area contributed by atoms with Crippen LogP contribution in [0.15, 0.2) is 46.3 Å². The summed E-state index contributed by atoms with van der Waals surface area (Å²) >= 11 is 5.36. The molecular weight excluding hydrogens is 462 g/mol. The molecule has 1 saturated carbocycles. The molecule has 2 aromatic heterocycles. The maximum absolute atomic E-state index is 12.5. The van der Waals surface area contributed by atoms with Gasteiger partial charge < -0.3 is 9.30 Å². The van der Waals surface area contributed by atoms with Crippen molar-refractivity contribution in [3.8, 4) is 0 Å². The van der Waals surface area contributed by atoms with Crippen molar-refractivity contribution in [3.63, 3.8) is 0 Å². The monoisotopic (exact) mass is 485 g/mol. The molecule has 1 aliphatic heterocycles. The molecule has 1 fully saturated rings. The molecule has 0 atom stereocenters. The van der Waals surface area contributed by atoms with Crippen LogP contribution in [0.5, 0.6) is 0 Å². The van der Waals surface area contributed by atoms with Gasteiger partial charge in [0.05, 0.1) is 14.8 Å². The van der Waals surface area contributed by atoms with Gasteiger partial charge in [-0.15, -0.1) is 21.5 Å². The molecule has 30 heavy (non-hydrogen) atoms. The van der Waals surface area contributed by atoms with Crippen LogP contribution in [0, 0.1) is 0 Å². The second-order valence-electron chi connectivity index (χ2n) is 8.24. The molecule has 1 aromatic carbocycles. The van der Waals surface area contributed by atoms with Crippen LogP contribution >= 0.6 is 27.3 Å². The zero-order chi connectivity index (χ0) is 20.6. The molecule has 0 spiro atoms. The van der Waals surface area contributed by atoms with E-state index in [4.69, 9.17) is 9.84 Å². The van der Waals surface area contributed by atoms with E-state index in [1.807, 2.05) is 18.2 Å². The number of halogens is 1. The summed E-state index contributed by atoms with van der Waals surface area (Å²) in [6.45, 7) is 0.973. The normalized spacial score (nSPS) is 23.7. The van der Waals surface area contributed by atoms with Gasteiger partial charge in [-0.1, -0.05) is 31.0 Å². The fourth-order valence-electron chi connectivity index (χ4n) is 4.68. The third kappa shape index (κ3) is 3.62. The highest BCUT2D eigenvalue weighted by Crippen LogP contribution is 2.52. The minimum absolute atomic E-state index is 0.111. The average molecular weight is 486 g/mol. The molecular formula is C23H24BrN3O2S. The van der Waals surface area contributed by atoms with E-state index in [-0.39, 0.29) is 17.5 Å². The van der Waals surface area contributed by atoms with Gasteiger partial charge in [0.25, 0.3) is 0 Å². The standard InChI is InChI=1S/C23H24BrN3O2S/c24-19-12-11-18(30-19)23(22-26-25-20-10-6-1-2-7-13-27(20)22)14-17(15-23)29-21(28)16-8-4-3-5-9-16/h3-5,8-9,11-12,17H,1-2,6-7,10,13-15H2/t17-,23+. The highest BCUT2D eigenvalue weighted by molar-refractivity contribution is 9.11. The molecule has 156 valence electrons. The Morgan fingerprint density at radius 3 is 2.63 bits per heavy atom. The first-order valence-electron chi connectivity index (χ1n) is 10.6. The van der Waals surface area contributed by atoms with E-state index in [1.54, 1.807) is 23.5 Å². The summed E-state index contributed by atoms with van der Waals surface area (Å²) in [6, 6.07) is 13.5. The number of ether oxygens (including phenoxy) is 1. The number of carbonyl (C=O) groups is 1. The minimum Gasteiger partial charge on any atom is -0.459 e. The van der Waals surface area contributed by atoms with Crippen molar-refractivity contribution < 1.29 is 9.53 Å². The molecule has 0 unspecified atom stereocenters. The molecule has 0 N–H and O–H groups in total. The Hall–Kier alpha value is -1.99. The molecule has 2 aliphatic rings. The van der Waals surface area contributed by atoms with Crippen molar-refractivity contribution in [1.82, 2.24) is 14.8 Å². The van der Waals surface area contributed by atoms with Gasteiger partial charge >= 0.3 is 5.97 Å². The van der Waals surface area contributed by atoms with Gasteiger partial charge in [0.15, 0.2) is 0 Å². The van der Waals surface area contributed by atoms with Gasteiger partial charge in [-0.05, 0) is 53.0 Å². The zero-order valence-electron chi connectivity index (χ0n) is 16.7. The lowest BCUT2D eigenvalue weighted by molar-refractivity contribution is -0.0153. The van der Waals surface area contributed by atoms with Crippen molar-refractivity contribution in [2.45, 2.75) is 63.0 Å². The number of thiophene rings is 1. The van der Waals surface area contributed by atoms with Crippen molar-refractivity contribution >= 4 is 33.2 Å². The quantitative estimate of drug-likeness (QED) is 0.456. The number of esters is 1. The lowest BCUT2D eigenvalue weighted by Gasteiger charge is -2.45. The van der Waals surface area contributed by atoms with Crippen molar-refractivity contribution in [3.05, 3.63) is 68.3 Å². The Kier molecular flexibility index (Phi) is 5.50. The van der Waals surface area contributed by atoms with E-state index in [0.717, 1.165) is 47.7 Å². The van der Waals surface area contributed by atoms with Gasteiger partial charge in [-0.25, -0.2) is 4.79 Å². The summed E-state index contributed by atoms with van der Waals surface area (Å²) in [5.41, 5.74) is 0.365. The molecule has 0 amide bonds. The van der Waals surface area contributed by atoms with Gasteiger partial charge in [-0.2, -0.15) is 0 Å². The summed E-state index contributed by atoms with van der Waals surface area (Å²) in [5.74, 6) is 1.89. The van der Waals surface area contributed by atoms with E-state index in [0.29, 0.717) is 5.56 Å². The van der Waals surface area contributed by atoms with Crippen LogP contribution in [-0.2, 0) is 23.1 Å². The average Bonchev–Trinajstić information content (AvgIpc) is 3.31. The second kappa shape index (κ2) is 8.27. The zero-order valence-corrected chi connectivity index (χ0v) is 19.1. The number of hydrogen-bond donors (Lipinski definition) is 0. The molecule has 0 radical (unpaired) electrons. The van der Waals surface area contributed by atoms with Crippen molar-refractivity contribution in [2.24, 2.45) is 0 Å². The first-order chi connectivity index (χ1) is 14.7. The summed E-state index contributed by atoms with van der Waals surface area (Å²) in [4.78, 5) is 13.8. The number of hydrogen-bond acceptors (Lipinski definition) is 5. The minimum atomic E-state index is -0.252. The van der Waals surface area contributed by atoms with E-state index in [1.165, 1.54) is 24.1 Å². The third-order valence-electron chi connectivity index (χ3n) is 6.27. The van der Waals surface area contributed by atoms with Crippen molar-refractivity contribution in [1.29, 1.82) is 0 Å². The summed E-state index contributed by atoms with van der Waals surface area (Å²) in [5, 5.41) is 9.27. The summed E-state index contributed by atoms with van der Waals surface area (Å²) < 4.78 is 9.29.